The molecule has 3 nitrogen and oxygen atoms in total. The summed E-state index contributed by atoms with van der Waals surface area (Å²) in [4.78, 5) is 13.6. The van der Waals surface area contributed by atoms with Crippen LogP contribution in [0.1, 0.15) is 46.1 Å². The highest BCUT2D eigenvalue weighted by molar-refractivity contribution is 6.30. The molecule has 0 unspecified atom stereocenters. The van der Waals surface area contributed by atoms with Gasteiger partial charge in [-0.05, 0) is 48.7 Å². The molecule has 162 valence electrons. The Bertz CT molecular complexity index is 1280. The average Bonchev–Trinajstić information content (AvgIpc) is 2.83. The molecule has 4 heteroatoms. The van der Waals surface area contributed by atoms with Gasteiger partial charge in [0.15, 0.2) is 11.2 Å². The van der Waals surface area contributed by atoms with Gasteiger partial charge in [-0.15, -0.1) is 0 Å². The van der Waals surface area contributed by atoms with Gasteiger partial charge < -0.3 is 0 Å². The molecule has 4 rings (SSSR count). The lowest BCUT2D eigenvalue weighted by atomic mass is 9.55. The zero-order valence-electron chi connectivity index (χ0n) is 18.5. The Labute approximate surface area is 199 Å². The van der Waals surface area contributed by atoms with Gasteiger partial charge in [-0.1, -0.05) is 83.4 Å². The summed E-state index contributed by atoms with van der Waals surface area (Å²) in [6.45, 7) is 3.98. The first-order valence-corrected chi connectivity index (χ1v) is 11.2. The van der Waals surface area contributed by atoms with E-state index in [1.165, 1.54) is 0 Å². The van der Waals surface area contributed by atoms with E-state index in [1.807, 2.05) is 80.6 Å². The number of ketones is 1. The largest absolute Gasteiger partial charge is 0.295 e. The zero-order chi connectivity index (χ0) is 23.6. The van der Waals surface area contributed by atoms with Crippen molar-refractivity contribution in [2.45, 2.75) is 32.1 Å². The Balaban J connectivity index is 1.95. The van der Waals surface area contributed by atoms with E-state index < -0.39 is 17.3 Å². The summed E-state index contributed by atoms with van der Waals surface area (Å²) in [6, 6.07) is 27.4. The van der Waals surface area contributed by atoms with Gasteiger partial charge in [0, 0.05) is 28.9 Å². The van der Waals surface area contributed by atoms with Crippen LogP contribution in [0.2, 0.25) is 5.02 Å². The Kier molecular flexibility index (Phi) is 6.19. The highest BCUT2D eigenvalue weighted by Crippen LogP contribution is 2.56. The molecule has 33 heavy (non-hydrogen) atoms. The standard InChI is InChI=1S/C29H23ClN2O/c1-19-3-7-21(8-4-19)15-25-27(33)16-26(22-9-5-20(2)6-10-22)29(17-31,18-32)28(25)23-11-13-24(30)14-12-23/h3-15,26,28H,16H2,1-2H3/b25-15-/t26-,28+/m0/s1. The summed E-state index contributed by atoms with van der Waals surface area (Å²) in [5.74, 6) is -1.31. The Hall–Kier alpha value is -3.66. The predicted molar refractivity (Wildman–Crippen MR) is 131 cm³/mol. The van der Waals surface area contributed by atoms with Crippen molar-refractivity contribution in [3.05, 3.63) is 111 Å². The van der Waals surface area contributed by atoms with E-state index in [1.54, 1.807) is 12.1 Å². The maximum Gasteiger partial charge on any atom is 0.161 e. The highest BCUT2D eigenvalue weighted by Gasteiger charge is 2.55. The minimum absolute atomic E-state index is 0.0535. The van der Waals surface area contributed by atoms with E-state index in [0.29, 0.717) is 10.6 Å². The third-order valence-corrected chi connectivity index (χ3v) is 6.73. The SMILES string of the molecule is Cc1ccc(/C=C2/C(=O)C[C@@H](c3ccc(C)cc3)C(C#N)(C#N)[C@@H]2c2ccc(Cl)cc2)cc1. The van der Waals surface area contributed by atoms with E-state index in [4.69, 9.17) is 11.6 Å². The van der Waals surface area contributed by atoms with Crippen LogP contribution >= 0.6 is 11.6 Å². The van der Waals surface area contributed by atoms with Crippen LogP contribution in [0.15, 0.2) is 78.4 Å². The van der Waals surface area contributed by atoms with Gasteiger partial charge in [0.2, 0.25) is 0 Å². The molecule has 2 atom stereocenters. The van der Waals surface area contributed by atoms with Crippen LogP contribution in [0, 0.1) is 41.9 Å². The van der Waals surface area contributed by atoms with Gasteiger partial charge in [0.1, 0.15) is 0 Å². The number of benzene rings is 3. The average molecular weight is 451 g/mol. The van der Waals surface area contributed by atoms with Crippen LogP contribution in [0.3, 0.4) is 0 Å². The van der Waals surface area contributed by atoms with Crippen molar-refractivity contribution in [1.29, 1.82) is 10.5 Å². The van der Waals surface area contributed by atoms with Crippen molar-refractivity contribution < 1.29 is 4.79 Å². The summed E-state index contributed by atoms with van der Waals surface area (Å²) in [6.07, 6.45) is 1.93. The van der Waals surface area contributed by atoms with Crippen molar-refractivity contribution in [2.75, 3.05) is 0 Å². The molecule has 3 aromatic carbocycles. The summed E-state index contributed by atoms with van der Waals surface area (Å²) in [5.41, 5.74) is 3.64. The van der Waals surface area contributed by atoms with Crippen molar-refractivity contribution in [1.82, 2.24) is 0 Å². The number of carbonyl (C=O) groups is 1. The van der Waals surface area contributed by atoms with E-state index in [9.17, 15) is 15.3 Å². The third kappa shape index (κ3) is 4.21. The van der Waals surface area contributed by atoms with E-state index in [-0.39, 0.29) is 12.2 Å². The van der Waals surface area contributed by atoms with Crippen molar-refractivity contribution >= 4 is 23.5 Å². The lowest BCUT2D eigenvalue weighted by molar-refractivity contribution is -0.118. The van der Waals surface area contributed by atoms with Crippen molar-refractivity contribution in [3.63, 3.8) is 0 Å². The lowest BCUT2D eigenvalue weighted by Crippen LogP contribution is -2.41. The number of halogens is 1. The van der Waals surface area contributed by atoms with Gasteiger partial charge in [0.25, 0.3) is 0 Å². The van der Waals surface area contributed by atoms with Crippen LogP contribution in [-0.2, 0) is 4.79 Å². The summed E-state index contributed by atoms with van der Waals surface area (Å²) >= 11 is 6.13. The number of hydrogen-bond donors (Lipinski definition) is 0. The highest BCUT2D eigenvalue weighted by atomic mass is 35.5. The molecule has 0 radical (unpaired) electrons. The lowest BCUT2D eigenvalue weighted by Gasteiger charge is -2.41. The van der Waals surface area contributed by atoms with Crippen LogP contribution in [-0.4, -0.2) is 5.78 Å². The maximum absolute atomic E-state index is 13.6. The monoisotopic (exact) mass is 450 g/mol. The van der Waals surface area contributed by atoms with Gasteiger partial charge in [0.05, 0.1) is 12.1 Å². The van der Waals surface area contributed by atoms with Crippen LogP contribution in [0.5, 0.6) is 0 Å². The van der Waals surface area contributed by atoms with Crippen molar-refractivity contribution in [2.24, 2.45) is 5.41 Å². The molecule has 0 aromatic heterocycles. The van der Waals surface area contributed by atoms with E-state index >= 15 is 0 Å². The topological polar surface area (TPSA) is 64.7 Å². The maximum atomic E-state index is 13.6. The number of rotatable bonds is 3. The summed E-state index contributed by atoms with van der Waals surface area (Å²) in [5, 5.41) is 21.5. The van der Waals surface area contributed by atoms with Crippen LogP contribution in [0.25, 0.3) is 6.08 Å². The Morgan fingerprint density at radius 1 is 0.848 bits per heavy atom. The Morgan fingerprint density at radius 2 is 1.36 bits per heavy atom. The number of nitrogens with zero attached hydrogens (tertiary/aromatic N) is 2. The molecule has 0 bridgehead atoms. The first kappa shape index (κ1) is 22.5. The molecular formula is C29H23ClN2O. The first-order valence-electron chi connectivity index (χ1n) is 10.8. The number of hydrogen-bond acceptors (Lipinski definition) is 3. The van der Waals surface area contributed by atoms with Gasteiger partial charge in [-0.3, -0.25) is 4.79 Å². The zero-order valence-corrected chi connectivity index (χ0v) is 19.3. The second kappa shape index (κ2) is 9.07. The molecule has 1 fully saturated rings. The smallest absolute Gasteiger partial charge is 0.161 e. The molecule has 0 heterocycles. The number of Topliss-reactive ketones (excluding diaryl/α,β-unsaturated/α-hetero) is 1. The van der Waals surface area contributed by atoms with Gasteiger partial charge >= 0.3 is 0 Å². The second-order valence-corrected chi connectivity index (χ2v) is 9.11. The third-order valence-electron chi connectivity index (χ3n) is 6.48. The molecular weight excluding hydrogens is 428 g/mol. The first-order chi connectivity index (χ1) is 15.9. The number of aryl methyl sites for hydroxylation is 2. The summed E-state index contributed by atoms with van der Waals surface area (Å²) in [7, 11) is 0. The van der Waals surface area contributed by atoms with E-state index in [0.717, 1.165) is 27.8 Å². The number of allylic oxidation sites excluding steroid dienone is 1. The molecule has 1 aliphatic rings. The van der Waals surface area contributed by atoms with E-state index in [2.05, 4.69) is 12.1 Å². The fourth-order valence-corrected chi connectivity index (χ4v) is 4.79. The normalized spacial score (nSPS) is 20.8. The molecule has 0 saturated heterocycles. The fourth-order valence-electron chi connectivity index (χ4n) is 4.66. The second-order valence-electron chi connectivity index (χ2n) is 8.68. The number of nitriles is 2. The molecule has 1 saturated carbocycles. The molecule has 3 aromatic rings. The van der Waals surface area contributed by atoms with Gasteiger partial charge in [-0.2, -0.15) is 10.5 Å². The van der Waals surface area contributed by atoms with Crippen LogP contribution in [0.4, 0.5) is 0 Å². The fraction of sp³-hybridized carbons (Fsp3) is 0.207. The quantitative estimate of drug-likeness (QED) is 0.407. The van der Waals surface area contributed by atoms with Gasteiger partial charge in [-0.25, -0.2) is 0 Å². The molecule has 0 N–H and O–H groups in total. The molecule has 0 aliphatic heterocycles. The number of carbonyl (C=O) groups excluding carboxylic acids is 1. The molecule has 1 aliphatic carbocycles. The Morgan fingerprint density at radius 3 is 1.91 bits per heavy atom. The predicted octanol–water partition coefficient (Wildman–Crippen LogP) is 6.91. The molecule has 0 spiro atoms. The summed E-state index contributed by atoms with van der Waals surface area (Å²) < 4.78 is 0. The molecule has 0 amide bonds. The van der Waals surface area contributed by atoms with Crippen molar-refractivity contribution in [3.8, 4) is 12.1 Å². The van der Waals surface area contributed by atoms with Crippen LogP contribution < -0.4 is 0 Å². The minimum Gasteiger partial charge on any atom is -0.295 e. The minimum atomic E-state index is -1.45.